The Morgan fingerprint density at radius 2 is 2.04 bits per heavy atom. The fraction of sp³-hybridized carbons (Fsp3) is 0.650. The van der Waals surface area contributed by atoms with Gasteiger partial charge in [-0.05, 0) is 56.1 Å². The minimum absolute atomic E-state index is 0.00460. The summed E-state index contributed by atoms with van der Waals surface area (Å²) in [5.74, 6) is 1.11. The third kappa shape index (κ3) is 5.66. The maximum absolute atomic E-state index is 12.3. The molecule has 1 amide bonds. The Hall–Kier alpha value is -2.15. The number of benzene rings is 1. The van der Waals surface area contributed by atoms with Crippen LogP contribution in [0.1, 0.15) is 49.4 Å². The van der Waals surface area contributed by atoms with Crippen molar-refractivity contribution in [2.75, 3.05) is 37.7 Å². The van der Waals surface area contributed by atoms with E-state index in [0.717, 1.165) is 44.9 Å². The Morgan fingerprint density at radius 1 is 1.30 bits per heavy atom. The number of nitrogens with one attached hydrogen (secondary N) is 1. The van der Waals surface area contributed by atoms with Crippen LogP contribution in [-0.2, 0) is 4.74 Å². The molecule has 7 heteroatoms. The van der Waals surface area contributed by atoms with Crippen molar-refractivity contribution in [3.05, 3.63) is 33.9 Å². The molecule has 0 aromatic heterocycles. The summed E-state index contributed by atoms with van der Waals surface area (Å²) in [7, 11) is 0. The molecule has 1 saturated carbocycles. The highest BCUT2D eigenvalue weighted by Crippen LogP contribution is 2.32. The van der Waals surface area contributed by atoms with E-state index in [1.54, 1.807) is 12.1 Å². The molecule has 1 aliphatic carbocycles. The van der Waals surface area contributed by atoms with Crippen molar-refractivity contribution in [1.29, 1.82) is 0 Å². The van der Waals surface area contributed by atoms with Gasteiger partial charge in [0.1, 0.15) is 5.69 Å². The van der Waals surface area contributed by atoms with Crippen LogP contribution in [0.2, 0.25) is 0 Å². The number of carbonyl (C=O) groups is 1. The molecule has 27 heavy (non-hydrogen) atoms. The quantitative estimate of drug-likeness (QED) is 0.406. The highest BCUT2D eigenvalue weighted by Gasteiger charge is 2.25. The van der Waals surface area contributed by atoms with E-state index in [0.29, 0.717) is 30.3 Å². The van der Waals surface area contributed by atoms with Gasteiger partial charge in [-0.1, -0.05) is 6.92 Å². The lowest BCUT2D eigenvalue weighted by Crippen LogP contribution is -2.33. The van der Waals surface area contributed by atoms with Gasteiger partial charge in [0.25, 0.3) is 11.6 Å². The molecule has 0 bridgehead atoms. The van der Waals surface area contributed by atoms with Gasteiger partial charge >= 0.3 is 0 Å². The zero-order valence-corrected chi connectivity index (χ0v) is 16.0. The molecule has 0 unspecified atom stereocenters. The Kier molecular flexibility index (Phi) is 6.66. The van der Waals surface area contributed by atoms with Gasteiger partial charge in [0.2, 0.25) is 0 Å². The van der Waals surface area contributed by atoms with E-state index in [-0.39, 0.29) is 11.6 Å². The van der Waals surface area contributed by atoms with Crippen LogP contribution >= 0.6 is 0 Å². The summed E-state index contributed by atoms with van der Waals surface area (Å²) < 4.78 is 5.54. The first-order valence-corrected chi connectivity index (χ1v) is 9.94. The van der Waals surface area contributed by atoms with E-state index in [1.165, 1.54) is 18.9 Å². The SMILES string of the molecule is CC1CCN(c2ccc(C(=O)NCCCOCC3CC3)cc2[N+](=O)[O-])CC1. The van der Waals surface area contributed by atoms with Crippen molar-refractivity contribution in [2.45, 2.75) is 39.0 Å². The monoisotopic (exact) mass is 375 g/mol. The van der Waals surface area contributed by atoms with E-state index in [2.05, 4.69) is 17.1 Å². The number of rotatable bonds is 9. The number of carbonyl (C=O) groups excluding carboxylic acids is 1. The maximum Gasteiger partial charge on any atom is 0.293 e. The Bertz CT molecular complexity index is 667. The first-order chi connectivity index (χ1) is 13.0. The molecule has 7 nitrogen and oxygen atoms in total. The zero-order valence-electron chi connectivity index (χ0n) is 16.0. The van der Waals surface area contributed by atoms with Gasteiger partial charge in [-0.3, -0.25) is 14.9 Å². The van der Waals surface area contributed by atoms with Crippen LogP contribution in [0.15, 0.2) is 18.2 Å². The fourth-order valence-corrected chi connectivity index (χ4v) is 3.34. The molecular formula is C20H29N3O4. The van der Waals surface area contributed by atoms with E-state index < -0.39 is 4.92 Å². The largest absolute Gasteiger partial charge is 0.381 e. The standard InChI is InChI=1S/C20H29N3O4/c1-15-7-10-22(11-8-15)18-6-5-17(13-19(18)23(25)26)20(24)21-9-2-12-27-14-16-3-4-16/h5-6,13,15-16H,2-4,7-12,14H2,1H3,(H,21,24). The first-order valence-electron chi connectivity index (χ1n) is 9.94. The van der Waals surface area contributed by atoms with Crippen molar-refractivity contribution in [2.24, 2.45) is 11.8 Å². The minimum atomic E-state index is -0.393. The molecule has 1 aliphatic heterocycles. The average Bonchev–Trinajstić information content (AvgIpc) is 3.49. The molecule has 0 radical (unpaired) electrons. The van der Waals surface area contributed by atoms with E-state index in [4.69, 9.17) is 4.74 Å². The van der Waals surface area contributed by atoms with Crippen LogP contribution in [0, 0.1) is 22.0 Å². The Labute approximate surface area is 160 Å². The van der Waals surface area contributed by atoms with Crippen LogP contribution in [0.25, 0.3) is 0 Å². The van der Waals surface area contributed by atoms with Crippen LogP contribution in [0.3, 0.4) is 0 Å². The van der Waals surface area contributed by atoms with Crippen LogP contribution in [-0.4, -0.2) is 43.7 Å². The second kappa shape index (κ2) is 9.17. The first kappa shape index (κ1) is 19.6. The number of piperidine rings is 1. The summed E-state index contributed by atoms with van der Waals surface area (Å²) >= 11 is 0. The number of hydrogen-bond acceptors (Lipinski definition) is 5. The molecule has 0 spiro atoms. The lowest BCUT2D eigenvalue weighted by atomic mass is 9.98. The molecule has 3 rings (SSSR count). The van der Waals surface area contributed by atoms with Crippen molar-refractivity contribution in [3.8, 4) is 0 Å². The molecule has 0 atom stereocenters. The van der Waals surface area contributed by atoms with Crippen LogP contribution < -0.4 is 10.2 Å². The van der Waals surface area contributed by atoms with Gasteiger partial charge in [-0.15, -0.1) is 0 Å². The van der Waals surface area contributed by atoms with Crippen molar-refractivity contribution in [3.63, 3.8) is 0 Å². The molecule has 2 aliphatic rings. The maximum atomic E-state index is 12.3. The van der Waals surface area contributed by atoms with E-state index >= 15 is 0 Å². The van der Waals surface area contributed by atoms with Gasteiger partial charge in [0.05, 0.1) is 4.92 Å². The van der Waals surface area contributed by atoms with E-state index in [9.17, 15) is 14.9 Å². The third-order valence-electron chi connectivity index (χ3n) is 5.36. The van der Waals surface area contributed by atoms with Gasteiger partial charge in [-0.25, -0.2) is 0 Å². The fourth-order valence-electron chi connectivity index (χ4n) is 3.34. The topological polar surface area (TPSA) is 84.7 Å². The molecule has 1 aromatic rings. The predicted octanol–water partition coefficient (Wildman–Crippen LogP) is 3.38. The molecule has 1 aromatic carbocycles. The van der Waals surface area contributed by atoms with Gasteiger partial charge in [0.15, 0.2) is 0 Å². The third-order valence-corrected chi connectivity index (χ3v) is 5.36. The number of nitrogens with zero attached hydrogens (tertiary/aromatic N) is 2. The molecule has 1 heterocycles. The van der Waals surface area contributed by atoms with Crippen molar-refractivity contribution < 1.29 is 14.5 Å². The minimum Gasteiger partial charge on any atom is -0.381 e. The average molecular weight is 375 g/mol. The lowest BCUT2D eigenvalue weighted by Gasteiger charge is -2.31. The summed E-state index contributed by atoms with van der Waals surface area (Å²) in [6, 6.07) is 4.79. The summed E-state index contributed by atoms with van der Waals surface area (Å²) in [4.78, 5) is 25.5. The number of anilines is 1. The second-order valence-corrected chi connectivity index (χ2v) is 7.76. The number of nitro benzene ring substituents is 1. The molecule has 148 valence electrons. The predicted molar refractivity (Wildman–Crippen MR) is 104 cm³/mol. The van der Waals surface area contributed by atoms with Gasteiger partial charge in [0, 0.05) is 44.5 Å². The normalized spacial score (nSPS) is 17.7. The molecule has 2 fully saturated rings. The summed E-state index contributed by atoms with van der Waals surface area (Å²) in [6.07, 6.45) is 5.33. The van der Waals surface area contributed by atoms with Gasteiger partial charge in [-0.2, -0.15) is 0 Å². The van der Waals surface area contributed by atoms with E-state index in [1.807, 2.05) is 0 Å². The molecule has 1 saturated heterocycles. The smallest absolute Gasteiger partial charge is 0.293 e. The van der Waals surface area contributed by atoms with Crippen LogP contribution in [0.4, 0.5) is 11.4 Å². The lowest BCUT2D eigenvalue weighted by molar-refractivity contribution is -0.384. The van der Waals surface area contributed by atoms with Gasteiger partial charge < -0.3 is 15.0 Å². The Balaban J connectivity index is 1.54. The number of nitro groups is 1. The molecule has 1 N–H and O–H groups in total. The summed E-state index contributed by atoms with van der Waals surface area (Å²) in [5.41, 5.74) is 0.941. The molecular weight excluding hydrogens is 346 g/mol. The number of ether oxygens (including phenoxy) is 1. The van der Waals surface area contributed by atoms with Crippen molar-refractivity contribution in [1.82, 2.24) is 5.32 Å². The zero-order chi connectivity index (χ0) is 19.2. The van der Waals surface area contributed by atoms with Crippen molar-refractivity contribution >= 4 is 17.3 Å². The highest BCUT2D eigenvalue weighted by atomic mass is 16.6. The summed E-state index contributed by atoms with van der Waals surface area (Å²) in [6.45, 7) is 5.78. The second-order valence-electron chi connectivity index (χ2n) is 7.76. The Morgan fingerprint density at radius 3 is 2.70 bits per heavy atom. The van der Waals surface area contributed by atoms with Crippen LogP contribution in [0.5, 0.6) is 0 Å². The highest BCUT2D eigenvalue weighted by molar-refractivity contribution is 5.95. The summed E-state index contributed by atoms with van der Waals surface area (Å²) in [5, 5.41) is 14.3. The number of hydrogen-bond donors (Lipinski definition) is 1. The number of amides is 1.